The molecular formula is C10H9F2N3O2. The molecule has 5 nitrogen and oxygen atoms in total. The van der Waals surface area contributed by atoms with Crippen molar-refractivity contribution in [3.8, 4) is 0 Å². The van der Waals surface area contributed by atoms with Gasteiger partial charge in [0.2, 0.25) is 5.96 Å². The largest absolute Gasteiger partial charge is 0.367 e. The van der Waals surface area contributed by atoms with Crippen molar-refractivity contribution in [3.63, 3.8) is 0 Å². The summed E-state index contributed by atoms with van der Waals surface area (Å²) in [6.07, 6.45) is 0. The molecular weight excluding hydrogens is 232 g/mol. The van der Waals surface area contributed by atoms with Crippen LogP contribution < -0.4 is 11.5 Å². The molecule has 1 rings (SSSR count). The minimum atomic E-state index is -1.08. The van der Waals surface area contributed by atoms with Crippen LogP contribution >= 0.6 is 0 Å². The molecule has 0 fully saturated rings. The van der Waals surface area contributed by atoms with Crippen LogP contribution in [0.25, 0.3) is 5.57 Å². The number of hydrogen-bond acceptors (Lipinski definition) is 3. The number of nitrogens with two attached hydrogens (primary N) is 2. The molecule has 0 aliphatic carbocycles. The Morgan fingerprint density at radius 3 is 2.59 bits per heavy atom. The van der Waals surface area contributed by atoms with Gasteiger partial charge in [0.1, 0.15) is 11.6 Å². The molecule has 0 spiro atoms. The zero-order chi connectivity index (χ0) is 13.0. The molecule has 0 radical (unpaired) electrons. The van der Waals surface area contributed by atoms with Gasteiger partial charge in [0, 0.05) is 5.56 Å². The van der Waals surface area contributed by atoms with Gasteiger partial charge >= 0.3 is 5.97 Å². The third-order valence-corrected chi connectivity index (χ3v) is 1.73. The van der Waals surface area contributed by atoms with Gasteiger partial charge in [-0.2, -0.15) is 0 Å². The maximum atomic E-state index is 13.3. The first-order chi connectivity index (χ1) is 7.91. The molecule has 90 valence electrons. The molecule has 1 aromatic carbocycles. The second-order valence-corrected chi connectivity index (χ2v) is 3.00. The van der Waals surface area contributed by atoms with Crippen LogP contribution in [0, 0.1) is 11.6 Å². The lowest BCUT2D eigenvalue weighted by molar-refractivity contribution is -0.136. The number of nitrogens with zero attached hydrogens (tertiary/aromatic N) is 1. The quantitative estimate of drug-likeness (QED) is 0.268. The predicted octanol–water partition coefficient (Wildman–Crippen LogP) is 0.710. The Labute approximate surface area is 95.3 Å². The summed E-state index contributed by atoms with van der Waals surface area (Å²) in [5.74, 6) is -3.08. The van der Waals surface area contributed by atoms with Crippen molar-refractivity contribution in [2.75, 3.05) is 0 Å². The van der Waals surface area contributed by atoms with Gasteiger partial charge in [0.15, 0.2) is 0 Å². The molecule has 0 saturated heterocycles. The predicted molar refractivity (Wildman–Crippen MR) is 57.3 cm³/mol. The Bertz CT molecular complexity index is 496. The summed E-state index contributed by atoms with van der Waals surface area (Å²) in [4.78, 5) is 15.5. The van der Waals surface area contributed by atoms with Crippen LogP contribution in [0.1, 0.15) is 5.56 Å². The summed E-state index contributed by atoms with van der Waals surface area (Å²) in [6, 6.07) is 2.59. The first-order valence-corrected chi connectivity index (χ1v) is 4.36. The molecule has 4 N–H and O–H groups in total. The van der Waals surface area contributed by atoms with Gasteiger partial charge in [0.25, 0.3) is 0 Å². The second kappa shape index (κ2) is 5.06. The Morgan fingerprint density at radius 2 is 2.00 bits per heavy atom. The third-order valence-electron chi connectivity index (χ3n) is 1.73. The molecule has 0 bridgehead atoms. The highest BCUT2D eigenvalue weighted by Gasteiger charge is 2.16. The molecule has 1 aromatic rings. The third kappa shape index (κ3) is 3.26. The lowest BCUT2D eigenvalue weighted by Crippen LogP contribution is -2.23. The van der Waals surface area contributed by atoms with Crippen LogP contribution in [0.4, 0.5) is 8.78 Å². The number of hydrogen-bond donors (Lipinski definition) is 2. The molecule has 7 heteroatoms. The van der Waals surface area contributed by atoms with Gasteiger partial charge < -0.3 is 16.3 Å². The maximum absolute atomic E-state index is 13.3. The Hall–Kier alpha value is -2.44. The standard InChI is InChI=1S/C10H9F2N3O2/c1-5(9(16)17-15-10(13)14)7-4-6(11)2-3-8(7)12/h2-4H,1H2,(H4,13,14,15). The van der Waals surface area contributed by atoms with Crippen molar-refractivity contribution in [2.24, 2.45) is 16.6 Å². The Kier molecular flexibility index (Phi) is 3.76. The molecule has 17 heavy (non-hydrogen) atoms. The summed E-state index contributed by atoms with van der Waals surface area (Å²) in [5.41, 5.74) is 9.13. The van der Waals surface area contributed by atoms with Crippen molar-refractivity contribution < 1.29 is 18.4 Å². The van der Waals surface area contributed by atoms with Gasteiger partial charge in [0.05, 0.1) is 5.57 Å². The maximum Gasteiger partial charge on any atom is 0.366 e. The molecule has 0 amide bonds. The molecule has 0 unspecified atom stereocenters. The normalized spacial score (nSPS) is 9.53. The fraction of sp³-hybridized carbons (Fsp3) is 0. The number of carbonyl (C=O) groups is 1. The minimum Gasteiger partial charge on any atom is -0.367 e. The average Bonchev–Trinajstić information content (AvgIpc) is 2.28. The summed E-state index contributed by atoms with van der Waals surface area (Å²) < 4.78 is 26.1. The van der Waals surface area contributed by atoms with E-state index in [2.05, 4.69) is 16.6 Å². The van der Waals surface area contributed by atoms with E-state index in [1.165, 1.54) is 0 Å². The summed E-state index contributed by atoms with van der Waals surface area (Å²) in [5, 5.41) is 2.97. The molecule has 0 aliphatic rings. The first kappa shape index (κ1) is 12.6. The number of halogens is 2. The lowest BCUT2D eigenvalue weighted by Gasteiger charge is -2.04. The van der Waals surface area contributed by atoms with Crippen molar-refractivity contribution >= 4 is 17.5 Å². The summed E-state index contributed by atoms with van der Waals surface area (Å²) in [6.45, 7) is 3.27. The highest BCUT2D eigenvalue weighted by Crippen LogP contribution is 2.19. The van der Waals surface area contributed by atoms with E-state index in [0.717, 1.165) is 18.2 Å². The molecule has 0 saturated carbocycles. The average molecular weight is 241 g/mol. The van der Waals surface area contributed by atoms with Crippen molar-refractivity contribution in [1.82, 2.24) is 0 Å². The van der Waals surface area contributed by atoms with Crippen molar-refractivity contribution in [1.29, 1.82) is 0 Å². The molecule has 0 aromatic heterocycles. The number of guanidine groups is 1. The van der Waals surface area contributed by atoms with Gasteiger partial charge in [-0.1, -0.05) is 6.58 Å². The molecule has 0 aliphatic heterocycles. The fourth-order valence-electron chi connectivity index (χ4n) is 0.988. The number of rotatable bonds is 3. The van der Waals surface area contributed by atoms with E-state index < -0.39 is 29.1 Å². The van der Waals surface area contributed by atoms with Gasteiger partial charge in [-0.05, 0) is 23.4 Å². The Balaban J connectivity index is 2.93. The second-order valence-electron chi connectivity index (χ2n) is 3.00. The highest BCUT2D eigenvalue weighted by atomic mass is 19.1. The van der Waals surface area contributed by atoms with E-state index in [1.54, 1.807) is 0 Å². The molecule has 0 heterocycles. The van der Waals surface area contributed by atoms with E-state index in [0.29, 0.717) is 0 Å². The van der Waals surface area contributed by atoms with E-state index in [9.17, 15) is 13.6 Å². The number of oxime groups is 1. The zero-order valence-corrected chi connectivity index (χ0v) is 8.61. The van der Waals surface area contributed by atoms with Gasteiger partial charge in [-0.25, -0.2) is 13.6 Å². The van der Waals surface area contributed by atoms with Crippen molar-refractivity contribution in [2.45, 2.75) is 0 Å². The Morgan fingerprint density at radius 1 is 1.35 bits per heavy atom. The van der Waals surface area contributed by atoms with Crippen molar-refractivity contribution in [3.05, 3.63) is 42.0 Å². The smallest absolute Gasteiger partial charge is 0.366 e. The van der Waals surface area contributed by atoms with Crippen LogP contribution in [0.2, 0.25) is 0 Å². The summed E-state index contributed by atoms with van der Waals surface area (Å²) >= 11 is 0. The van der Waals surface area contributed by atoms with E-state index in [4.69, 9.17) is 11.5 Å². The van der Waals surface area contributed by atoms with E-state index >= 15 is 0 Å². The van der Waals surface area contributed by atoms with Gasteiger partial charge in [-0.15, -0.1) is 0 Å². The molecule has 0 atom stereocenters. The fourth-order valence-corrected chi connectivity index (χ4v) is 0.988. The minimum absolute atomic E-state index is 0.319. The van der Waals surface area contributed by atoms with Crippen LogP contribution in [-0.4, -0.2) is 11.9 Å². The first-order valence-electron chi connectivity index (χ1n) is 4.36. The van der Waals surface area contributed by atoms with Crippen LogP contribution in [0.5, 0.6) is 0 Å². The zero-order valence-electron chi connectivity index (χ0n) is 8.61. The van der Waals surface area contributed by atoms with E-state index in [1.807, 2.05) is 0 Å². The van der Waals surface area contributed by atoms with E-state index in [-0.39, 0.29) is 5.56 Å². The summed E-state index contributed by atoms with van der Waals surface area (Å²) in [7, 11) is 0. The van der Waals surface area contributed by atoms with Crippen LogP contribution in [0.15, 0.2) is 29.9 Å². The SMILES string of the molecule is C=C(C(=O)ON=C(N)N)c1cc(F)ccc1F. The monoisotopic (exact) mass is 241 g/mol. The number of benzene rings is 1. The highest BCUT2D eigenvalue weighted by molar-refractivity contribution is 6.15. The van der Waals surface area contributed by atoms with Crippen LogP contribution in [-0.2, 0) is 9.63 Å². The van der Waals surface area contributed by atoms with Crippen LogP contribution in [0.3, 0.4) is 0 Å². The topological polar surface area (TPSA) is 90.7 Å². The lowest BCUT2D eigenvalue weighted by atomic mass is 10.1. The van der Waals surface area contributed by atoms with Gasteiger partial charge in [-0.3, -0.25) is 0 Å². The number of carbonyl (C=O) groups excluding carboxylic acids is 1.